The molecule has 0 bridgehead atoms. The standard InChI is InChI=1S/C5H4F2N2O2/c6-4(7)5-9-8-3(11-5)1-2-10/h2,4H,1H2. The average molecular weight is 162 g/mol. The van der Waals surface area contributed by atoms with E-state index in [1.807, 2.05) is 0 Å². The smallest absolute Gasteiger partial charge is 0.314 e. The van der Waals surface area contributed by atoms with Crippen LogP contribution in [-0.4, -0.2) is 16.5 Å². The lowest BCUT2D eigenvalue weighted by atomic mass is 10.5. The first-order chi connectivity index (χ1) is 5.24. The molecule has 0 aromatic carbocycles. The average Bonchev–Trinajstić information content (AvgIpc) is 2.37. The number of aldehydes is 1. The highest BCUT2D eigenvalue weighted by Crippen LogP contribution is 2.15. The molecule has 0 spiro atoms. The maximum atomic E-state index is 11.7. The van der Waals surface area contributed by atoms with Crippen molar-refractivity contribution in [1.82, 2.24) is 10.2 Å². The highest BCUT2D eigenvalue weighted by Gasteiger charge is 2.15. The molecule has 0 N–H and O–H groups in total. The van der Waals surface area contributed by atoms with Crippen molar-refractivity contribution in [2.24, 2.45) is 0 Å². The molecule has 0 radical (unpaired) electrons. The number of aromatic nitrogens is 2. The minimum atomic E-state index is -2.78. The Bertz CT molecular complexity index is 248. The second-order valence-corrected chi connectivity index (χ2v) is 1.71. The summed E-state index contributed by atoms with van der Waals surface area (Å²) in [7, 11) is 0. The van der Waals surface area contributed by atoms with Crippen molar-refractivity contribution in [3.8, 4) is 0 Å². The van der Waals surface area contributed by atoms with Crippen molar-refractivity contribution in [3.63, 3.8) is 0 Å². The van der Waals surface area contributed by atoms with Crippen LogP contribution in [-0.2, 0) is 11.2 Å². The SMILES string of the molecule is O=CCc1nnc(C(F)F)o1. The summed E-state index contributed by atoms with van der Waals surface area (Å²) < 4.78 is 27.9. The largest absolute Gasteiger partial charge is 0.419 e. The molecule has 0 atom stereocenters. The van der Waals surface area contributed by atoms with E-state index >= 15 is 0 Å². The highest BCUT2D eigenvalue weighted by molar-refractivity contribution is 5.51. The molecular weight excluding hydrogens is 158 g/mol. The molecule has 0 fully saturated rings. The summed E-state index contributed by atoms with van der Waals surface area (Å²) in [5.74, 6) is -0.836. The van der Waals surface area contributed by atoms with Crippen LogP contribution in [0.2, 0.25) is 0 Å². The fraction of sp³-hybridized carbons (Fsp3) is 0.400. The fourth-order valence-corrected chi connectivity index (χ4v) is 0.509. The summed E-state index contributed by atoms with van der Waals surface area (Å²) in [6.07, 6.45) is -2.40. The lowest BCUT2D eigenvalue weighted by Crippen LogP contribution is -1.83. The number of nitrogens with zero attached hydrogens (tertiary/aromatic N) is 2. The minimum absolute atomic E-state index is 0.0877. The number of alkyl halides is 2. The van der Waals surface area contributed by atoms with Gasteiger partial charge in [-0.25, -0.2) is 0 Å². The Hall–Kier alpha value is -1.33. The van der Waals surface area contributed by atoms with Gasteiger partial charge in [-0.1, -0.05) is 0 Å². The molecular formula is C5H4F2N2O2. The highest BCUT2D eigenvalue weighted by atomic mass is 19.3. The topological polar surface area (TPSA) is 56.0 Å². The van der Waals surface area contributed by atoms with Crippen LogP contribution in [0.15, 0.2) is 4.42 Å². The van der Waals surface area contributed by atoms with Crippen molar-refractivity contribution < 1.29 is 18.0 Å². The predicted molar refractivity (Wildman–Crippen MR) is 29.0 cm³/mol. The molecule has 60 valence electrons. The summed E-state index contributed by atoms with van der Waals surface area (Å²) in [5, 5.41) is 6.21. The number of carbonyl (C=O) groups excluding carboxylic acids is 1. The first-order valence-electron chi connectivity index (χ1n) is 2.78. The molecule has 0 unspecified atom stereocenters. The molecule has 0 aliphatic heterocycles. The van der Waals surface area contributed by atoms with Gasteiger partial charge < -0.3 is 9.21 Å². The zero-order valence-corrected chi connectivity index (χ0v) is 5.33. The van der Waals surface area contributed by atoms with E-state index in [0.29, 0.717) is 6.29 Å². The zero-order valence-electron chi connectivity index (χ0n) is 5.33. The summed E-state index contributed by atoms with van der Waals surface area (Å²) in [6.45, 7) is 0. The van der Waals surface area contributed by atoms with Crippen LogP contribution >= 0.6 is 0 Å². The van der Waals surface area contributed by atoms with E-state index in [0.717, 1.165) is 0 Å². The second-order valence-electron chi connectivity index (χ2n) is 1.71. The van der Waals surface area contributed by atoms with Gasteiger partial charge in [0.05, 0.1) is 6.42 Å². The lowest BCUT2D eigenvalue weighted by Gasteiger charge is -1.85. The van der Waals surface area contributed by atoms with Gasteiger partial charge >= 0.3 is 6.43 Å². The summed E-state index contributed by atoms with van der Waals surface area (Å²) in [4.78, 5) is 9.84. The molecule has 6 heteroatoms. The van der Waals surface area contributed by atoms with Gasteiger partial charge in [-0.15, -0.1) is 10.2 Å². The molecule has 1 aromatic heterocycles. The second kappa shape index (κ2) is 3.18. The third-order valence-electron chi connectivity index (χ3n) is 0.927. The van der Waals surface area contributed by atoms with Gasteiger partial charge in [-0.3, -0.25) is 0 Å². The van der Waals surface area contributed by atoms with Gasteiger partial charge in [-0.2, -0.15) is 8.78 Å². The number of hydrogen-bond donors (Lipinski definition) is 0. The van der Waals surface area contributed by atoms with Crippen molar-refractivity contribution >= 4 is 6.29 Å². The van der Waals surface area contributed by atoms with Crippen LogP contribution < -0.4 is 0 Å². The maximum absolute atomic E-state index is 11.7. The molecule has 0 aliphatic rings. The third-order valence-corrected chi connectivity index (χ3v) is 0.927. The minimum Gasteiger partial charge on any atom is -0.419 e. The predicted octanol–water partition coefficient (Wildman–Crippen LogP) is 0.749. The Balaban J connectivity index is 2.73. The molecule has 1 aromatic rings. The Labute approximate surface area is 60.2 Å². The van der Waals surface area contributed by atoms with E-state index in [1.165, 1.54) is 0 Å². The molecule has 4 nitrogen and oxygen atoms in total. The maximum Gasteiger partial charge on any atom is 0.314 e. The van der Waals surface area contributed by atoms with E-state index in [1.54, 1.807) is 0 Å². The summed E-state index contributed by atoms with van der Waals surface area (Å²) in [5.41, 5.74) is 0. The van der Waals surface area contributed by atoms with E-state index < -0.39 is 12.3 Å². The number of hydrogen-bond acceptors (Lipinski definition) is 4. The number of halogens is 2. The van der Waals surface area contributed by atoms with Crippen molar-refractivity contribution in [2.75, 3.05) is 0 Å². The first kappa shape index (κ1) is 7.77. The van der Waals surface area contributed by atoms with E-state index in [4.69, 9.17) is 0 Å². The van der Waals surface area contributed by atoms with Gasteiger partial charge in [0.1, 0.15) is 6.29 Å². The molecule has 0 saturated carbocycles. The number of rotatable bonds is 3. The van der Waals surface area contributed by atoms with E-state index in [9.17, 15) is 13.6 Å². The Morgan fingerprint density at radius 2 is 2.27 bits per heavy atom. The van der Waals surface area contributed by atoms with Gasteiger partial charge in [0, 0.05) is 0 Å². The van der Waals surface area contributed by atoms with Gasteiger partial charge in [-0.05, 0) is 0 Å². The molecule has 0 saturated heterocycles. The Morgan fingerprint density at radius 1 is 1.55 bits per heavy atom. The van der Waals surface area contributed by atoms with Crippen LogP contribution in [0, 0.1) is 0 Å². The van der Waals surface area contributed by atoms with Crippen LogP contribution in [0.1, 0.15) is 18.2 Å². The first-order valence-corrected chi connectivity index (χ1v) is 2.78. The van der Waals surface area contributed by atoms with Crippen LogP contribution in [0.5, 0.6) is 0 Å². The monoisotopic (exact) mass is 162 g/mol. The molecule has 11 heavy (non-hydrogen) atoms. The number of carbonyl (C=O) groups is 1. The van der Waals surface area contributed by atoms with Crippen LogP contribution in [0.25, 0.3) is 0 Å². The lowest BCUT2D eigenvalue weighted by molar-refractivity contribution is -0.107. The van der Waals surface area contributed by atoms with Gasteiger partial charge in [0.15, 0.2) is 0 Å². The van der Waals surface area contributed by atoms with Crippen molar-refractivity contribution in [1.29, 1.82) is 0 Å². The zero-order chi connectivity index (χ0) is 8.27. The molecule has 0 aliphatic carbocycles. The fourth-order valence-electron chi connectivity index (χ4n) is 0.509. The quantitative estimate of drug-likeness (QED) is 0.615. The van der Waals surface area contributed by atoms with E-state index in [2.05, 4.69) is 14.6 Å². The third kappa shape index (κ3) is 1.79. The van der Waals surface area contributed by atoms with Crippen LogP contribution in [0.3, 0.4) is 0 Å². The molecule has 1 rings (SSSR count). The van der Waals surface area contributed by atoms with Gasteiger partial charge in [0.25, 0.3) is 5.89 Å². The Morgan fingerprint density at radius 3 is 2.73 bits per heavy atom. The van der Waals surface area contributed by atoms with Crippen LogP contribution in [0.4, 0.5) is 8.78 Å². The normalized spacial score (nSPS) is 10.5. The van der Waals surface area contributed by atoms with Crippen molar-refractivity contribution in [3.05, 3.63) is 11.8 Å². The van der Waals surface area contributed by atoms with E-state index in [-0.39, 0.29) is 12.3 Å². The summed E-state index contributed by atoms with van der Waals surface area (Å²) >= 11 is 0. The molecule has 1 heterocycles. The Kier molecular flexibility index (Phi) is 2.25. The molecule has 0 amide bonds. The summed E-state index contributed by atoms with van der Waals surface area (Å²) in [6, 6.07) is 0. The van der Waals surface area contributed by atoms with Gasteiger partial charge in [0.2, 0.25) is 5.89 Å². The van der Waals surface area contributed by atoms with Crippen molar-refractivity contribution in [2.45, 2.75) is 12.8 Å².